The molecule has 2 heterocycles. The van der Waals surface area contributed by atoms with Crippen LogP contribution in [-0.2, 0) is 10.1 Å². The molecule has 1 aliphatic carbocycles. The Bertz CT molecular complexity index is 1260. The zero-order valence-corrected chi connectivity index (χ0v) is 14.1. The van der Waals surface area contributed by atoms with Crippen LogP contribution in [0.4, 0.5) is 5.69 Å². The Morgan fingerprint density at radius 3 is 2.92 bits per heavy atom. The van der Waals surface area contributed by atoms with Crippen LogP contribution in [0, 0.1) is 11.3 Å². The maximum Gasteiger partial charge on any atom is 0.271 e. The van der Waals surface area contributed by atoms with Crippen molar-refractivity contribution < 1.29 is 13.0 Å². The molecule has 2 N–H and O–H groups in total. The van der Waals surface area contributed by atoms with Crippen LogP contribution in [0.15, 0.2) is 58.4 Å². The number of hydrogen-bond donors (Lipinski definition) is 2. The molecule has 3 aromatic rings. The van der Waals surface area contributed by atoms with E-state index in [4.69, 9.17) is 0 Å². The van der Waals surface area contributed by atoms with Gasteiger partial charge in [-0.05, 0) is 18.2 Å². The van der Waals surface area contributed by atoms with Crippen molar-refractivity contribution in [2.75, 3.05) is 0 Å². The minimum absolute atomic E-state index is 0.00214. The molecular weight excluding hydrogens is 356 g/mol. The molecule has 1 aromatic carbocycles. The normalized spacial score (nSPS) is 17.8. The molecule has 1 unspecified atom stereocenters. The number of fused-ring (bicyclic) bond motifs is 3. The Labute approximate surface area is 147 Å². The number of imidazole rings is 1. The van der Waals surface area contributed by atoms with Gasteiger partial charge in [-0.3, -0.25) is 4.55 Å². The third-order valence-corrected chi connectivity index (χ3v) is 5.13. The second-order valence-electron chi connectivity index (χ2n) is 5.71. The molecule has 0 radical (unpaired) electrons. The van der Waals surface area contributed by atoms with E-state index in [-0.39, 0.29) is 17.8 Å². The number of benzene rings is 1. The number of aromatic amines is 1. The largest absolute Gasteiger partial charge is 0.336 e. The number of aromatic nitrogens is 3. The van der Waals surface area contributed by atoms with Gasteiger partial charge in [0.05, 0.1) is 16.7 Å². The van der Waals surface area contributed by atoms with Gasteiger partial charge in [-0.2, -0.15) is 23.9 Å². The fraction of sp³-hybridized carbons (Fsp3) is 0.125. The van der Waals surface area contributed by atoms with Crippen molar-refractivity contribution in [1.82, 2.24) is 14.6 Å². The van der Waals surface area contributed by atoms with E-state index in [0.717, 1.165) is 11.0 Å². The highest BCUT2D eigenvalue weighted by Gasteiger charge is 2.23. The first-order chi connectivity index (χ1) is 12.5. The predicted octanol–water partition coefficient (Wildman–Crippen LogP) is 2.87. The fourth-order valence-electron chi connectivity index (χ4n) is 2.78. The van der Waals surface area contributed by atoms with Crippen LogP contribution in [-0.4, -0.2) is 32.8 Å². The monoisotopic (exact) mass is 368 g/mol. The molecule has 0 aliphatic heterocycles. The van der Waals surface area contributed by atoms with E-state index in [1.54, 1.807) is 10.6 Å². The summed E-state index contributed by atoms with van der Waals surface area (Å²) in [6, 6.07) is 9.45. The van der Waals surface area contributed by atoms with Gasteiger partial charge in [-0.15, -0.1) is 5.11 Å². The first-order valence-corrected chi connectivity index (χ1v) is 9.12. The molecule has 0 fully saturated rings. The van der Waals surface area contributed by atoms with Gasteiger partial charge < -0.3 is 4.98 Å². The molecule has 1 atom stereocenters. The zero-order valence-electron chi connectivity index (χ0n) is 13.2. The summed E-state index contributed by atoms with van der Waals surface area (Å²) in [6.07, 6.45) is 4.48. The molecule has 1 aliphatic rings. The van der Waals surface area contributed by atoms with Crippen molar-refractivity contribution in [1.29, 1.82) is 5.26 Å². The van der Waals surface area contributed by atoms with E-state index < -0.39 is 15.4 Å². The highest BCUT2D eigenvalue weighted by molar-refractivity contribution is 7.86. The lowest BCUT2D eigenvalue weighted by Gasteiger charge is -2.11. The Morgan fingerprint density at radius 1 is 1.35 bits per heavy atom. The molecule has 0 saturated heterocycles. The standard InChI is InChI=1S/C16H12N6O3S/c17-9-13-15(16-18-12-6-1-2-7-14(12)22(16)21-13)20-19-10-4-3-5-11(8-10)26(23,24)25/h1-7,11,18H,8H2,(H,23,24,25)/b20-19+. The molecule has 0 amide bonds. The zero-order chi connectivity index (χ0) is 18.3. The van der Waals surface area contributed by atoms with Crippen LogP contribution in [0.2, 0.25) is 0 Å². The summed E-state index contributed by atoms with van der Waals surface area (Å²) >= 11 is 0. The van der Waals surface area contributed by atoms with Gasteiger partial charge >= 0.3 is 0 Å². The third-order valence-electron chi connectivity index (χ3n) is 4.04. The molecule has 2 aromatic heterocycles. The molecule has 4 rings (SSSR count). The summed E-state index contributed by atoms with van der Waals surface area (Å²) in [5, 5.41) is 20.7. The van der Waals surface area contributed by atoms with Gasteiger partial charge in [0.25, 0.3) is 10.1 Å². The number of nitrogens with one attached hydrogen (secondary N) is 1. The van der Waals surface area contributed by atoms with E-state index in [9.17, 15) is 18.2 Å². The molecule has 26 heavy (non-hydrogen) atoms. The summed E-state index contributed by atoms with van der Waals surface area (Å²) in [7, 11) is -4.20. The summed E-state index contributed by atoms with van der Waals surface area (Å²) in [4.78, 5) is 3.15. The predicted molar refractivity (Wildman–Crippen MR) is 93.5 cm³/mol. The first-order valence-electron chi connectivity index (χ1n) is 7.62. The van der Waals surface area contributed by atoms with E-state index in [0.29, 0.717) is 11.3 Å². The number of rotatable bonds is 3. The maximum absolute atomic E-state index is 11.3. The van der Waals surface area contributed by atoms with Crippen molar-refractivity contribution in [2.45, 2.75) is 11.7 Å². The molecular formula is C16H12N6O3S. The first kappa shape index (κ1) is 16.2. The number of nitrogens with zero attached hydrogens (tertiary/aromatic N) is 5. The quantitative estimate of drug-likeness (QED) is 0.541. The van der Waals surface area contributed by atoms with Gasteiger partial charge in [0.15, 0.2) is 17.0 Å². The van der Waals surface area contributed by atoms with E-state index in [2.05, 4.69) is 20.3 Å². The second kappa shape index (κ2) is 5.91. The van der Waals surface area contributed by atoms with Crippen molar-refractivity contribution in [2.24, 2.45) is 10.2 Å². The lowest BCUT2D eigenvalue weighted by molar-refractivity contribution is 0.473. The Morgan fingerprint density at radius 2 is 2.15 bits per heavy atom. The van der Waals surface area contributed by atoms with E-state index in [1.807, 2.05) is 30.3 Å². The SMILES string of the molecule is N#Cc1nn2c([nH]c3ccccc32)c1/N=N/C1=CC=CC(S(=O)(=O)O)C1. The Balaban J connectivity index is 1.75. The van der Waals surface area contributed by atoms with Gasteiger partial charge in [0.2, 0.25) is 0 Å². The van der Waals surface area contributed by atoms with Crippen molar-refractivity contribution in [3.05, 3.63) is 53.9 Å². The maximum atomic E-state index is 11.3. The van der Waals surface area contributed by atoms with Crippen LogP contribution in [0.3, 0.4) is 0 Å². The van der Waals surface area contributed by atoms with Crippen LogP contribution < -0.4 is 0 Å². The summed E-state index contributed by atoms with van der Waals surface area (Å²) in [5.41, 5.74) is 2.89. The number of nitriles is 1. The Kier molecular flexibility index (Phi) is 3.68. The van der Waals surface area contributed by atoms with Gasteiger partial charge in [0.1, 0.15) is 11.3 Å². The van der Waals surface area contributed by atoms with Crippen LogP contribution >= 0.6 is 0 Å². The number of allylic oxidation sites excluding steroid dienone is 3. The molecule has 0 saturated carbocycles. The second-order valence-corrected chi connectivity index (χ2v) is 7.35. The number of azo groups is 1. The summed E-state index contributed by atoms with van der Waals surface area (Å²) in [6.45, 7) is 0. The van der Waals surface area contributed by atoms with Gasteiger partial charge in [-0.1, -0.05) is 24.3 Å². The highest BCUT2D eigenvalue weighted by atomic mass is 32.2. The lowest BCUT2D eigenvalue weighted by atomic mass is 10.1. The number of hydrogen-bond acceptors (Lipinski definition) is 6. The highest BCUT2D eigenvalue weighted by Crippen LogP contribution is 2.29. The number of para-hydroxylation sites is 2. The van der Waals surface area contributed by atoms with E-state index >= 15 is 0 Å². The van der Waals surface area contributed by atoms with Crippen molar-refractivity contribution in [3.8, 4) is 6.07 Å². The summed E-state index contributed by atoms with van der Waals surface area (Å²) in [5.74, 6) is 0. The topological polar surface area (TPSA) is 136 Å². The minimum atomic E-state index is -4.20. The van der Waals surface area contributed by atoms with Gasteiger partial charge in [0, 0.05) is 6.42 Å². The van der Waals surface area contributed by atoms with Crippen LogP contribution in [0.25, 0.3) is 16.7 Å². The average molecular weight is 368 g/mol. The molecule has 9 nitrogen and oxygen atoms in total. The number of H-pyrrole nitrogens is 1. The molecule has 0 bridgehead atoms. The third kappa shape index (κ3) is 2.69. The summed E-state index contributed by atoms with van der Waals surface area (Å²) < 4.78 is 33.3. The minimum Gasteiger partial charge on any atom is -0.336 e. The van der Waals surface area contributed by atoms with Crippen molar-refractivity contribution >= 4 is 32.5 Å². The van der Waals surface area contributed by atoms with Crippen LogP contribution in [0.5, 0.6) is 0 Å². The van der Waals surface area contributed by atoms with Crippen molar-refractivity contribution in [3.63, 3.8) is 0 Å². The fourth-order valence-corrected chi connectivity index (χ4v) is 3.45. The smallest absolute Gasteiger partial charge is 0.271 e. The molecule has 130 valence electrons. The Hall–Kier alpha value is -3.29. The van der Waals surface area contributed by atoms with Crippen LogP contribution in [0.1, 0.15) is 12.1 Å². The molecule has 10 heteroatoms. The average Bonchev–Trinajstić information content (AvgIpc) is 3.15. The van der Waals surface area contributed by atoms with Gasteiger partial charge in [-0.25, -0.2) is 4.52 Å². The van der Waals surface area contributed by atoms with E-state index in [1.165, 1.54) is 12.2 Å². The lowest BCUT2D eigenvalue weighted by Crippen LogP contribution is -2.19. The molecule has 0 spiro atoms.